The lowest BCUT2D eigenvalue weighted by molar-refractivity contribution is 0.0723. The van der Waals surface area contributed by atoms with Crippen LogP contribution in [0, 0.1) is 5.82 Å². The summed E-state index contributed by atoms with van der Waals surface area (Å²) < 4.78 is 14.9. The number of amides is 1. The van der Waals surface area contributed by atoms with Crippen molar-refractivity contribution >= 4 is 5.91 Å². The number of carbonyl (C=O) groups excluding carboxylic acids is 1. The van der Waals surface area contributed by atoms with E-state index in [1.54, 1.807) is 18.3 Å². The molecule has 7 heteroatoms. The van der Waals surface area contributed by atoms with Crippen LogP contribution in [0.3, 0.4) is 0 Å². The fourth-order valence-corrected chi connectivity index (χ4v) is 3.31. The molecule has 0 radical (unpaired) electrons. The summed E-state index contributed by atoms with van der Waals surface area (Å²) in [6.45, 7) is 2.41. The van der Waals surface area contributed by atoms with Crippen molar-refractivity contribution < 1.29 is 9.18 Å². The molecule has 2 aliphatic rings. The van der Waals surface area contributed by atoms with Crippen molar-refractivity contribution in [2.24, 2.45) is 0 Å². The zero-order valence-electron chi connectivity index (χ0n) is 14.1. The lowest BCUT2D eigenvalue weighted by Gasteiger charge is -2.22. The summed E-state index contributed by atoms with van der Waals surface area (Å²) in [5, 5.41) is 11.6. The fourth-order valence-electron chi connectivity index (χ4n) is 3.31. The summed E-state index contributed by atoms with van der Waals surface area (Å²) in [5.41, 5.74) is 1.32. The topological polar surface area (TPSA) is 63.1 Å². The number of rotatable bonds is 5. The molecule has 1 N–H and O–H groups in total. The van der Waals surface area contributed by atoms with Crippen molar-refractivity contribution in [3.8, 4) is 0 Å². The van der Waals surface area contributed by atoms with Crippen LogP contribution < -0.4 is 5.32 Å². The molecule has 1 aliphatic heterocycles. The first-order valence-electron chi connectivity index (χ1n) is 8.88. The Morgan fingerprint density at radius 1 is 1.20 bits per heavy atom. The third-order valence-electron chi connectivity index (χ3n) is 4.93. The van der Waals surface area contributed by atoms with Crippen LogP contribution in [0.5, 0.6) is 0 Å². The molecule has 0 atom stereocenters. The van der Waals surface area contributed by atoms with Crippen molar-refractivity contribution in [1.82, 2.24) is 25.2 Å². The number of nitrogens with one attached hydrogen (secondary N) is 1. The third kappa shape index (κ3) is 3.71. The van der Waals surface area contributed by atoms with Gasteiger partial charge in [0.2, 0.25) is 0 Å². The van der Waals surface area contributed by atoms with Crippen molar-refractivity contribution in [1.29, 1.82) is 0 Å². The van der Waals surface area contributed by atoms with E-state index in [4.69, 9.17) is 0 Å². The minimum Gasteiger partial charge on any atom is -0.330 e. The zero-order valence-corrected chi connectivity index (χ0v) is 14.1. The van der Waals surface area contributed by atoms with Crippen molar-refractivity contribution in [2.75, 3.05) is 13.1 Å². The Hall–Kier alpha value is -2.28. The molecular weight excluding hydrogens is 321 g/mol. The quantitative estimate of drug-likeness (QED) is 0.904. The van der Waals surface area contributed by atoms with E-state index in [-0.39, 0.29) is 17.8 Å². The smallest absolute Gasteiger partial charge is 0.276 e. The van der Waals surface area contributed by atoms with Crippen molar-refractivity contribution in [3.05, 3.63) is 47.5 Å². The maximum absolute atomic E-state index is 13.1. The minimum absolute atomic E-state index is 0.0907. The van der Waals surface area contributed by atoms with Gasteiger partial charge in [0.1, 0.15) is 5.82 Å². The molecule has 25 heavy (non-hydrogen) atoms. The maximum atomic E-state index is 13.1. The van der Waals surface area contributed by atoms with E-state index in [2.05, 4.69) is 15.6 Å². The molecule has 4 rings (SSSR count). The molecular formula is C18H22FN5O. The van der Waals surface area contributed by atoms with Gasteiger partial charge in [-0.05, 0) is 56.5 Å². The van der Waals surface area contributed by atoms with Crippen molar-refractivity contribution in [2.45, 2.75) is 44.3 Å². The lowest BCUT2D eigenvalue weighted by atomic mass is 10.1. The van der Waals surface area contributed by atoms with Gasteiger partial charge in [0.15, 0.2) is 5.69 Å². The molecule has 1 amide bonds. The van der Waals surface area contributed by atoms with E-state index >= 15 is 0 Å². The molecule has 2 heterocycles. The van der Waals surface area contributed by atoms with Crippen LogP contribution in [0.2, 0.25) is 0 Å². The molecule has 6 nitrogen and oxygen atoms in total. The first-order chi connectivity index (χ1) is 12.2. The van der Waals surface area contributed by atoms with Gasteiger partial charge in [-0.1, -0.05) is 17.3 Å². The Balaban J connectivity index is 1.49. The highest BCUT2D eigenvalue weighted by atomic mass is 19.1. The number of benzene rings is 1. The fraction of sp³-hybridized carbons (Fsp3) is 0.500. The number of carbonyl (C=O) groups is 1. The van der Waals surface area contributed by atoms with E-state index in [0.717, 1.165) is 44.3 Å². The summed E-state index contributed by atoms with van der Waals surface area (Å²) >= 11 is 0. The van der Waals surface area contributed by atoms with E-state index < -0.39 is 0 Å². The normalized spacial score (nSPS) is 18.3. The summed E-state index contributed by atoms with van der Waals surface area (Å²) in [4.78, 5) is 14.8. The second kappa shape index (κ2) is 6.92. The van der Waals surface area contributed by atoms with Crippen LogP contribution in [0.1, 0.15) is 47.8 Å². The molecule has 0 spiro atoms. The van der Waals surface area contributed by atoms with Gasteiger partial charge < -0.3 is 10.2 Å². The Bertz CT molecular complexity index is 734. The summed E-state index contributed by atoms with van der Waals surface area (Å²) in [6, 6.07) is 6.87. The average molecular weight is 343 g/mol. The predicted molar refractivity (Wildman–Crippen MR) is 90.5 cm³/mol. The molecule has 0 unspecified atom stereocenters. The van der Waals surface area contributed by atoms with Gasteiger partial charge in [-0.2, -0.15) is 0 Å². The highest BCUT2D eigenvalue weighted by molar-refractivity contribution is 5.92. The molecule has 0 bridgehead atoms. The molecule has 1 aromatic carbocycles. The number of nitrogens with zero attached hydrogens (tertiary/aromatic N) is 4. The molecule has 132 valence electrons. The second-order valence-corrected chi connectivity index (χ2v) is 6.86. The molecule has 2 aromatic rings. The number of hydrogen-bond acceptors (Lipinski definition) is 4. The van der Waals surface area contributed by atoms with Crippen molar-refractivity contribution in [3.63, 3.8) is 0 Å². The van der Waals surface area contributed by atoms with Crippen LogP contribution in [0.15, 0.2) is 30.5 Å². The minimum atomic E-state index is -0.266. The summed E-state index contributed by atoms with van der Waals surface area (Å²) in [7, 11) is 0. The van der Waals surface area contributed by atoms with E-state index in [9.17, 15) is 9.18 Å². The van der Waals surface area contributed by atoms with E-state index in [1.165, 1.54) is 12.1 Å². The van der Waals surface area contributed by atoms with Crippen LogP contribution in [-0.2, 0) is 6.54 Å². The highest BCUT2D eigenvalue weighted by Crippen LogP contribution is 2.30. The maximum Gasteiger partial charge on any atom is 0.276 e. The van der Waals surface area contributed by atoms with Gasteiger partial charge in [0, 0.05) is 12.6 Å². The number of aromatic nitrogens is 3. The van der Waals surface area contributed by atoms with E-state index in [1.807, 2.05) is 9.58 Å². The summed E-state index contributed by atoms with van der Waals surface area (Å²) in [5.74, 6) is -0.357. The Morgan fingerprint density at radius 3 is 2.60 bits per heavy atom. The SMILES string of the molecule is O=C(c1cn(C2CCNCC2)nn1)N(Cc1ccc(F)cc1)C1CC1. The molecule has 1 saturated heterocycles. The van der Waals surface area contributed by atoms with Gasteiger partial charge in [0.25, 0.3) is 5.91 Å². The van der Waals surface area contributed by atoms with E-state index in [0.29, 0.717) is 18.3 Å². The third-order valence-corrected chi connectivity index (χ3v) is 4.93. The second-order valence-electron chi connectivity index (χ2n) is 6.86. The number of halogens is 1. The standard InChI is InChI=1S/C18H22FN5O/c19-14-3-1-13(2-4-14)11-23(15-5-6-15)18(25)17-12-24(22-21-17)16-7-9-20-10-8-16/h1-4,12,15-16,20H,5-11H2. The van der Waals surface area contributed by atoms with Crippen LogP contribution in [0.25, 0.3) is 0 Å². The van der Waals surface area contributed by atoms with Gasteiger partial charge in [0.05, 0.1) is 12.2 Å². The Morgan fingerprint density at radius 2 is 1.92 bits per heavy atom. The van der Waals surface area contributed by atoms with Gasteiger partial charge >= 0.3 is 0 Å². The number of piperidine rings is 1. The monoisotopic (exact) mass is 343 g/mol. The molecule has 1 saturated carbocycles. The van der Waals surface area contributed by atoms with Gasteiger partial charge in [-0.25, -0.2) is 9.07 Å². The Kier molecular flexibility index (Phi) is 4.48. The summed E-state index contributed by atoms with van der Waals surface area (Å²) in [6.07, 6.45) is 5.79. The largest absolute Gasteiger partial charge is 0.330 e. The van der Waals surface area contributed by atoms with Gasteiger partial charge in [-0.3, -0.25) is 4.79 Å². The average Bonchev–Trinajstić information content (AvgIpc) is 3.37. The number of hydrogen-bond donors (Lipinski definition) is 1. The van der Waals surface area contributed by atoms with Crippen LogP contribution >= 0.6 is 0 Å². The molecule has 2 fully saturated rings. The highest BCUT2D eigenvalue weighted by Gasteiger charge is 2.34. The Labute approximate surface area is 146 Å². The van der Waals surface area contributed by atoms with Crippen LogP contribution in [-0.4, -0.2) is 44.9 Å². The first kappa shape index (κ1) is 16.2. The lowest BCUT2D eigenvalue weighted by Crippen LogP contribution is -2.33. The molecule has 1 aliphatic carbocycles. The van der Waals surface area contributed by atoms with Crippen LogP contribution in [0.4, 0.5) is 4.39 Å². The zero-order chi connectivity index (χ0) is 17.2. The first-order valence-corrected chi connectivity index (χ1v) is 8.88. The predicted octanol–water partition coefficient (Wildman–Crippen LogP) is 2.15. The molecule has 1 aromatic heterocycles. The van der Waals surface area contributed by atoms with Gasteiger partial charge in [-0.15, -0.1) is 5.10 Å².